The number of aromatic nitrogens is 2. The third-order valence-corrected chi connectivity index (χ3v) is 1.44. The Kier molecular flexibility index (Phi) is 3.19. The van der Waals surface area contributed by atoms with E-state index in [0.717, 1.165) is 13.0 Å². The summed E-state index contributed by atoms with van der Waals surface area (Å²) in [4.78, 5) is 18.5. The molecule has 70 valence electrons. The average Bonchev–Trinajstić information content (AvgIpc) is 2.15. The number of carbonyl (C=O) groups excluding carboxylic acids is 1. The van der Waals surface area contributed by atoms with Gasteiger partial charge in [0.1, 0.15) is 11.5 Å². The van der Waals surface area contributed by atoms with Crippen LogP contribution in [0.1, 0.15) is 23.8 Å². The minimum absolute atomic E-state index is 0.182. The molecule has 0 bridgehead atoms. The molecule has 1 rings (SSSR count). The van der Waals surface area contributed by atoms with Crippen LogP contribution in [0.4, 0.5) is 5.82 Å². The summed E-state index contributed by atoms with van der Waals surface area (Å²) >= 11 is 0. The Morgan fingerprint density at radius 3 is 3.00 bits per heavy atom. The van der Waals surface area contributed by atoms with Gasteiger partial charge in [0.05, 0.1) is 12.4 Å². The molecule has 0 fully saturated rings. The molecular weight excluding hydrogens is 168 g/mol. The summed E-state index contributed by atoms with van der Waals surface area (Å²) in [6.45, 7) is 2.84. The molecule has 0 saturated carbocycles. The Morgan fingerprint density at radius 2 is 2.38 bits per heavy atom. The van der Waals surface area contributed by atoms with Crippen LogP contribution in [0.2, 0.25) is 0 Å². The molecule has 0 spiro atoms. The minimum atomic E-state index is -0.562. The van der Waals surface area contributed by atoms with Gasteiger partial charge in [-0.15, -0.1) is 0 Å². The number of nitrogens with one attached hydrogen (secondary N) is 1. The lowest BCUT2D eigenvalue weighted by molar-refractivity contribution is 0.0995. The van der Waals surface area contributed by atoms with E-state index in [1.165, 1.54) is 6.20 Å². The van der Waals surface area contributed by atoms with Crippen LogP contribution in [0.3, 0.4) is 0 Å². The Bertz CT molecular complexity index is 300. The third-order valence-electron chi connectivity index (χ3n) is 1.44. The van der Waals surface area contributed by atoms with Crippen LogP contribution in [0.25, 0.3) is 0 Å². The summed E-state index contributed by atoms with van der Waals surface area (Å²) < 4.78 is 0. The van der Waals surface area contributed by atoms with Crippen molar-refractivity contribution in [1.29, 1.82) is 0 Å². The van der Waals surface area contributed by atoms with Gasteiger partial charge in [0.25, 0.3) is 5.91 Å². The highest BCUT2D eigenvalue weighted by Crippen LogP contribution is 2.00. The first-order chi connectivity index (χ1) is 6.24. The molecule has 0 aliphatic rings. The average molecular weight is 180 g/mol. The lowest BCUT2D eigenvalue weighted by Gasteiger charge is -2.02. The van der Waals surface area contributed by atoms with Gasteiger partial charge in [-0.05, 0) is 6.42 Å². The Labute approximate surface area is 76.4 Å². The van der Waals surface area contributed by atoms with Crippen molar-refractivity contribution in [2.75, 3.05) is 11.9 Å². The predicted octanol–water partition coefficient (Wildman–Crippen LogP) is 0.397. The second-order valence-electron chi connectivity index (χ2n) is 2.58. The van der Waals surface area contributed by atoms with Crippen molar-refractivity contribution < 1.29 is 4.79 Å². The second kappa shape index (κ2) is 4.39. The van der Waals surface area contributed by atoms with Crippen LogP contribution in [0, 0.1) is 0 Å². The van der Waals surface area contributed by atoms with E-state index in [2.05, 4.69) is 15.3 Å². The normalized spacial score (nSPS) is 9.62. The number of nitrogens with two attached hydrogens (primary N) is 1. The first kappa shape index (κ1) is 9.44. The van der Waals surface area contributed by atoms with Crippen LogP contribution in [-0.4, -0.2) is 22.4 Å². The largest absolute Gasteiger partial charge is 0.369 e. The summed E-state index contributed by atoms with van der Waals surface area (Å²) in [5, 5.41) is 3.01. The highest BCUT2D eigenvalue weighted by Gasteiger charge is 2.02. The number of nitrogens with zero attached hydrogens (tertiary/aromatic N) is 2. The zero-order valence-electron chi connectivity index (χ0n) is 7.45. The first-order valence-corrected chi connectivity index (χ1v) is 4.09. The minimum Gasteiger partial charge on any atom is -0.369 e. The van der Waals surface area contributed by atoms with Crippen molar-refractivity contribution in [2.24, 2.45) is 5.73 Å². The standard InChI is InChI=1S/C8H12N4O/c1-2-3-11-7-5-10-4-6(12-7)8(9)13/h4-5H,2-3H2,1H3,(H2,9,13)(H,11,12). The van der Waals surface area contributed by atoms with E-state index in [1.54, 1.807) is 6.20 Å². The SMILES string of the molecule is CCCNc1cncc(C(N)=O)n1. The molecule has 0 atom stereocenters. The molecule has 0 radical (unpaired) electrons. The molecule has 0 saturated heterocycles. The van der Waals surface area contributed by atoms with Crippen LogP contribution in [0.15, 0.2) is 12.4 Å². The molecule has 0 aliphatic carbocycles. The van der Waals surface area contributed by atoms with Gasteiger partial charge >= 0.3 is 0 Å². The quantitative estimate of drug-likeness (QED) is 0.702. The van der Waals surface area contributed by atoms with E-state index < -0.39 is 5.91 Å². The fourth-order valence-corrected chi connectivity index (χ4v) is 0.823. The maximum atomic E-state index is 10.7. The molecule has 13 heavy (non-hydrogen) atoms. The maximum Gasteiger partial charge on any atom is 0.268 e. The number of hydrogen-bond acceptors (Lipinski definition) is 4. The van der Waals surface area contributed by atoms with E-state index in [1.807, 2.05) is 6.92 Å². The predicted molar refractivity (Wildman–Crippen MR) is 49.3 cm³/mol. The highest BCUT2D eigenvalue weighted by atomic mass is 16.1. The number of primary amides is 1. The molecule has 1 aromatic rings. The number of amides is 1. The maximum absolute atomic E-state index is 10.7. The van der Waals surface area contributed by atoms with Gasteiger partial charge in [-0.2, -0.15) is 0 Å². The lowest BCUT2D eigenvalue weighted by Crippen LogP contribution is -2.14. The molecule has 5 nitrogen and oxygen atoms in total. The van der Waals surface area contributed by atoms with Crippen molar-refractivity contribution >= 4 is 11.7 Å². The molecule has 1 heterocycles. The van der Waals surface area contributed by atoms with Crippen molar-refractivity contribution in [2.45, 2.75) is 13.3 Å². The molecule has 1 aromatic heterocycles. The zero-order chi connectivity index (χ0) is 9.68. The number of rotatable bonds is 4. The van der Waals surface area contributed by atoms with E-state index in [9.17, 15) is 4.79 Å². The summed E-state index contributed by atoms with van der Waals surface area (Å²) in [6, 6.07) is 0. The van der Waals surface area contributed by atoms with Crippen LogP contribution < -0.4 is 11.1 Å². The van der Waals surface area contributed by atoms with E-state index in [-0.39, 0.29) is 5.69 Å². The summed E-state index contributed by atoms with van der Waals surface area (Å²) in [5.74, 6) is 0.0193. The Morgan fingerprint density at radius 1 is 1.62 bits per heavy atom. The van der Waals surface area contributed by atoms with Gasteiger partial charge in [-0.3, -0.25) is 9.78 Å². The molecule has 5 heteroatoms. The van der Waals surface area contributed by atoms with Gasteiger partial charge in [-0.25, -0.2) is 4.98 Å². The summed E-state index contributed by atoms with van der Waals surface area (Å²) in [6.07, 6.45) is 3.89. The Balaban J connectivity index is 2.73. The number of hydrogen-bond donors (Lipinski definition) is 2. The van der Waals surface area contributed by atoms with Gasteiger partial charge in [0.15, 0.2) is 0 Å². The zero-order valence-corrected chi connectivity index (χ0v) is 7.45. The molecular formula is C8H12N4O. The number of carbonyl (C=O) groups is 1. The fraction of sp³-hybridized carbons (Fsp3) is 0.375. The molecule has 1 amide bonds. The van der Waals surface area contributed by atoms with Gasteiger partial charge in [0.2, 0.25) is 0 Å². The third kappa shape index (κ3) is 2.70. The van der Waals surface area contributed by atoms with Crippen LogP contribution in [0.5, 0.6) is 0 Å². The lowest BCUT2D eigenvalue weighted by atomic mass is 10.4. The van der Waals surface area contributed by atoms with E-state index in [4.69, 9.17) is 5.73 Å². The molecule has 3 N–H and O–H groups in total. The summed E-state index contributed by atoms with van der Waals surface area (Å²) in [5.41, 5.74) is 5.22. The first-order valence-electron chi connectivity index (χ1n) is 4.09. The van der Waals surface area contributed by atoms with Crippen molar-refractivity contribution in [1.82, 2.24) is 9.97 Å². The molecule has 0 unspecified atom stereocenters. The topological polar surface area (TPSA) is 80.9 Å². The van der Waals surface area contributed by atoms with Crippen molar-refractivity contribution in [3.8, 4) is 0 Å². The number of anilines is 1. The van der Waals surface area contributed by atoms with Crippen LogP contribution >= 0.6 is 0 Å². The fourth-order valence-electron chi connectivity index (χ4n) is 0.823. The smallest absolute Gasteiger partial charge is 0.268 e. The van der Waals surface area contributed by atoms with Gasteiger partial charge in [-0.1, -0.05) is 6.92 Å². The van der Waals surface area contributed by atoms with Crippen molar-refractivity contribution in [3.05, 3.63) is 18.1 Å². The van der Waals surface area contributed by atoms with Crippen LogP contribution in [-0.2, 0) is 0 Å². The van der Waals surface area contributed by atoms with Crippen molar-refractivity contribution in [3.63, 3.8) is 0 Å². The van der Waals surface area contributed by atoms with E-state index in [0.29, 0.717) is 5.82 Å². The Hall–Kier alpha value is -1.65. The summed E-state index contributed by atoms with van der Waals surface area (Å²) in [7, 11) is 0. The van der Waals surface area contributed by atoms with Gasteiger partial charge < -0.3 is 11.1 Å². The second-order valence-corrected chi connectivity index (χ2v) is 2.58. The highest BCUT2D eigenvalue weighted by molar-refractivity contribution is 5.90. The van der Waals surface area contributed by atoms with Gasteiger partial charge in [0, 0.05) is 6.54 Å². The molecule has 0 aromatic carbocycles. The molecule has 0 aliphatic heterocycles. The van der Waals surface area contributed by atoms with E-state index >= 15 is 0 Å². The monoisotopic (exact) mass is 180 g/mol.